The molecule has 3 unspecified atom stereocenters. The first-order chi connectivity index (χ1) is 6.79. The van der Waals surface area contributed by atoms with Gasteiger partial charge >= 0.3 is 0 Å². The van der Waals surface area contributed by atoms with Gasteiger partial charge in [-0.3, -0.25) is 0 Å². The van der Waals surface area contributed by atoms with E-state index in [0.29, 0.717) is 6.04 Å². The molecule has 1 N–H and O–H groups in total. The van der Waals surface area contributed by atoms with Crippen molar-refractivity contribution in [2.75, 3.05) is 6.54 Å². The molecule has 0 saturated heterocycles. The molecule has 1 saturated carbocycles. The van der Waals surface area contributed by atoms with Crippen LogP contribution in [0, 0.1) is 23.7 Å². The molecule has 0 aromatic rings. The second-order valence-electron chi connectivity index (χ2n) is 4.37. The van der Waals surface area contributed by atoms with Crippen LogP contribution in [-0.4, -0.2) is 12.6 Å². The number of nitrogens with one attached hydrogen (secondary N) is 1. The third-order valence-electron chi connectivity index (χ3n) is 3.41. The van der Waals surface area contributed by atoms with Crippen molar-refractivity contribution in [1.29, 1.82) is 0 Å². The summed E-state index contributed by atoms with van der Waals surface area (Å²) in [7, 11) is 0. The minimum atomic E-state index is 0.630. The molecule has 1 nitrogen and oxygen atoms in total. The van der Waals surface area contributed by atoms with Crippen LogP contribution in [0.4, 0.5) is 0 Å². The summed E-state index contributed by atoms with van der Waals surface area (Å²) in [5, 5.41) is 3.59. The summed E-state index contributed by atoms with van der Waals surface area (Å²) in [6.45, 7) is 7.58. The third-order valence-corrected chi connectivity index (χ3v) is 3.41. The molecule has 1 fully saturated rings. The molecule has 0 aromatic heterocycles. The molecular weight excluding hydrogens is 170 g/mol. The lowest BCUT2D eigenvalue weighted by Crippen LogP contribution is -2.37. The zero-order chi connectivity index (χ0) is 10.4. The van der Waals surface area contributed by atoms with Crippen molar-refractivity contribution in [1.82, 2.24) is 5.32 Å². The van der Waals surface area contributed by atoms with Gasteiger partial charge in [0.15, 0.2) is 0 Å². The Morgan fingerprint density at radius 3 is 2.71 bits per heavy atom. The Morgan fingerprint density at radius 1 is 1.43 bits per heavy atom. The molecule has 0 spiro atoms. The average Bonchev–Trinajstić information content (AvgIpc) is 2.59. The lowest BCUT2D eigenvalue weighted by atomic mass is 9.88. The topological polar surface area (TPSA) is 12.0 Å². The minimum Gasteiger partial charge on any atom is -0.313 e. The molecule has 0 bridgehead atoms. The molecule has 1 heteroatoms. The van der Waals surface area contributed by atoms with Gasteiger partial charge in [0.2, 0.25) is 0 Å². The maximum atomic E-state index is 3.59. The largest absolute Gasteiger partial charge is 0.313 e. The summed E-state index contributed by atoms with van der Waals surface area (Å²) in [6, 6.07) is 0.630. The molecule has 80 valence electrons. The van der Waals surface area contributed by atoms with E-state index in [0.717, 1.165) is 24.8 Å². The van der Waals surface area contributed by atoms with Crippen molar-refractivity contribution < 1.29 is 0 Å². The molecule has 1 aliphatic carbocycles. The van der Waals surface area contributed by atoms with E-state index in [1.54, 1.807) is 0 Å². The second kappa shape index (κ2) is 6.09. The molecule has 0 aliphatic heterocycles. The Kier molecular flexibility index (Phi) is 5.04. The Bertz CT molecular complexity index is 211. The van der Waals surface area contributed by atoms with Crippen molar-refractivity contribution in [3.05, 3.63) is 0 Å². The van der Waals surface area contributed by atoms with Gasteiger partial charge in [-0.1, -0.05) is 26.7 Å². The number of hydrogen-bond acceptors (Lipinski definition) is 1. The summed E-state index contributed by atoms with van der Waals surface area (Å²) in [6.07, 6.45) is 5.24. The summed E-state index contributed by atoms with van der Waals surface area (Å²) in [5.74, 6) is 7.97. The number of rotatable bonds is 4. The van der Waals surface area contributed by atoms with Gasteiger partial charge in [-0.15, -0.1) is 11.8 Å². The normalized spacial score (nSPS) is 28.2. The van der Waals surface area contributed by atoms with Crippen LogP contribution in [0.3, 0.4) is 0 Å². The highest BCUT2D eigenvalue weighted by molar-refractivity contribution is 5.00. The van der Waals surface area contributed by atoms with Crippen molar-refractivity contribution in [2.24, 2.45) is 11.8 Å². The zero-order valence-corrected chi connectivity index (χ0v) is 9.77. The first-order valence-corrected chi connectivity index (χ1v) is 5.92. The lowest BCUT2D eigenvalue weighted by molar-refractivity contribution is 0.304. The van der Waals surface area contributed by atoms with Gasteiger partial charge in [-0.2, -0.15) is 0 Å². The SMILES string of the molecule is CC#CCC(NCC)C1CCCC1C. The predicted molar refractivity (Wildman–Crippen MR) is 62.0 cm³/mol. The van der Waals surface area contributed by atoms with Crippen molar-refractivity contribution in [3.63, 3.8) is 0 Å². The van der Waals surface area contributed by atoms with Crippen LogP contribution in [0.25, 0.3) is 0 Å². The van der Waals surface area contributed by atoms with E-state index in [4.69, 9.17) is 0 Å². The first-order valence-electron chi connectivity index (χ1n) is 5.92. The average molecular weight is 193 g/mol. The van der Waals surface area contributed by atoms with E-state index in [1.165, 1.54) is 19.3 Å². The maximum Gasteiger partial charge on any atom is 0.0246 e. The first kappa shape index (κ1) is 11.6. The standard InChI is InChI=1S/C13H23N/c1-4-6-10-13(14-5-2)12-9-7-8-11(12)3/h11-14H,5,7-10H2,1-3H3. The third kappa shape index (κ3) is 3.03. The highest BCUT2D eigenvalue weighted by Crippen LogP contribution is 2.34. The molecule has 0 heterocycles. The van der Waals surface area contributed by atoms with Crippen LogP contribution in [0.1, 0.15) is 46.5 Å². The van der Waals surface area contributed by atoms with Crippen LogP contribution < -0.4 is 5.32 Å². The highest BCUT2D eigenvalue weighted by atomic mass is 14.9. The van der Waals surface area contributed by atoms with Crippen LogP contribution >= 0.6 is 0 Å². The van der Waals surface area contributed by atoms with E-state index >= 15 is 0 Å². The fraction of sp³-hybridized carbons (Fsp3) is 0.846. The molecule has 1 aliphatic rings. The number of hydrogen-bond donors (Lipinski definition) is 1. The van der Waals surface area contributed by atoms with Gasteiger partial charge in [-0.25, -0.2) is 0 Å². The zero-order valence-electron chi connectivity index (χ0n) is 9.77. The van der Waals surface area contributed by atoms with Crippen LogP contribution in [-0.2, 0) is 0 Å². The summed E-state index contributed by atoms with van der Waals surface area (Å²) in [5.41, 5.74) is 0. The van der Waals surface area contributed by atoms with Crippen molar-refractivity contribution in [3.8, 4) is 11.8 Å². The molecular formula is C13H23N. The molecule has 0 radical (unpaired) electrons. The Balaban J connectivity index is 2.50. The van der Waals surface area contributed by atoms with E-state index in [1.807, 2.05) is 6.92 Å². The smallest absolute Gasteiger partial charge is 0.0246 e. The van der Waals surface area contributed by atoms with E-state index in [2.05, 4.69) is 31.0 Å². The van der Waals surface area contributed by atoms with Gasteiger partial charge in [0, 0.05) is 12.5 Å². The summed E-state index contributed by atoms with van der Waals surface area (Å²) in [4.78, 5) is 0. The van der Waals surface area contributed by atoms with Gasteiger partial charge < -0.3 is 5.32 Å². The summed E-state index contributed by atoms with van der Waals surface area (Å²) >= 11 is 0. The fourth-order valence-corrected chi connectivity index (χ4v) is 2.62. The van der Waals surface area contributed by atoms with Crippen molar-refractivity contribution >= 4 is 0 Å². The van der Waals surface area contributed by atoms with Crippen LogP contribution in [0.5, 0.6) is 0 Å². The summed E-state index contributed by atoms with van der Waals surface area (Å²) < 4.78 is 0. The van der Waals surface area contributed by atoms with Crippen molar-refractivity contribution in [2.45, 2.75) is 52.5 Å². The van der Waals surface area contributed by atoms with E-state index < -0.39 is 0 Å². The van der Waals surface area contributed by atoms with E-state index in [9.17, 15) is 0 Å². The minimum absolute atomic E-state index is 0.630. The van der Waals surface area contributed by atoms with Gasteiger partial charge in [0.25, 0.3) is 0 Å². The highest BCUT2D eigenvalue weighted by Gasteiger charge is 2.29. The Hall–Kier alpha value is -0.480. The Morgan fingerprint density at radius 2 is 2.21 bits per heavy atom. The lowest BCUT2D eigenvalue weighted by Gasteiger charge is -2.26. The van der Waals surface area contributed by atoms with Gasteiger partial charge in [-0.05, 0) is 31.7 Å². The monoisotopic (exact) mass is 193 g/mol. The maximum absolute atomic E-state index is 3.59. The molecule has 0 amide bonds. The fourth-order valence-electron chi connectivity index (χ4n) is 2.62. The molecule has 0 aromatic carbocycles. The van der Waals surface area contributed by atoms with Gasteiger partial charge in [0.05, 0.1) is 0 Å². The Labute approximate surface area is 88.7 Å². The quantitative estimate of drug-likeness (QED) is 0.677. The van der Waals surface area contributed by atoms with Gasteiger partial charge in [0.1, 0.15) is 0 Å². The molecule has 1 rings (SSSR count). The van der Waals surface area contributed by atoms with Crippen LogP contribution in [0.15, 0.2) is 0 Å². The predicted octanol–water partition coefficient (Wildman–Crippen LogP) is 2.81. The van der Waals surface area contributed by atoms with Crippen LogP contribution in [0.2, 0.25) is 0 Å². The second-order valence-corrected chi connectivity index (χ2v) is 4.37. The van der Waals surface area contributed by atoms with E-state index in [-0.39, 0.29) is 0 Å². The molecule has 3 atom stereocenters. The molecule has 14 heavy (non-hydrogen) atoms.